The van der Waals surface area contributed by atoms with Crippen LogP contribution in [0.2, 0.25) is 0 Å². The lowest BCUT2D eigenvalue weighted by Crippen LogP contribution is -2.30. The molecular weight excluding hydrogens is 454 g/mol. The second-order valence-corrected chi connectivity index (χ2v) is 7.27. The summed E-state index contributed by atoms with van der Waals surface area (Å²) in [7, 11) is 1.43. The van der Waals surface area contributed by atoms with E-state index >= 15 is 0 Å². The quantitative estimate of drug-likeness (QED) is 0.274. The number of aromatic hydroxyl groups is 1. The van der Waals surface area contributed by atoms with E-state index in [-0.39, 0.29) is 54.3 Å². The largest absolute Gasteiger partial charge is 0.508 e. The van der Waals surface area contributed by atoms with Crippen LogP contribution in [0.3, 0.4) is 0 Å². The molecule has 12 heteroatoms. The maximum absolute atomic E-state index is 14.5. The van der Waals surface area contributed by atoms with E-state index in [1.165, 1.54) is 30.1 Å². The molecule has 1 heterocycles. The molecular formula is C21H22F2N6O3S. The van der Waals surface area contributed by atoms with E-state index < -0.39 is 11.6 Å². The molecule has 9 nitrogen and oxygen atoms in total. The molecule has 3 rings (SSSR count). The highest BCUT2D eigenvalue weighted by atomic mass is 32.1. The predicted molar refractivity (Wildman–Crippen MR) is 121 cm³/mol. The van der Waals surface area contributed by atoms with Crippen LogP contribution in [0.1, 0.15) is 11.3 Å². The average molecular weight is 477 g/mol. The summed E-state index contributed by atoms with van der Waals surface area (Å²) in [6.45, 7) is 0.531. The minimum absolute atomic E-state index is 0.117. The number of hydrogen-bond donors (Lipinski definition) is 4. The van der Waals surface area contributed by atoms with Crippen molar-refractivity contribution in [3.63, 3.8) is 0 Å². The van der Waals surface area contributed by atoms with Gasteiger partial charge in [0.15, 0.2) is 11.6 Å². The molecule has 0 aliphatic rings. The van der Waals surface area contributed by atoms with Crippen LogP contribution in [0.25, 0.3) is 5.69 Å². The summed E-state index contributed by atoms with van der Waals surface area (Å²) in [5, 5.41) is 25.3. The molecule has 0 fully saturated rings. The molecule has 1 aromatic heterocycles. The van der Waals surface area contributed by atoms with E-state index in [0.29, 0.717) is 5.69 Å². The zero-order valence-electron chi connectivity index (χ0n) is 17.6. The van der Waals surface area contributed by atoms with Gasteiger partial charge in [-0.25, -0.2) is 13.5 Å². The van der Waals surface area contributed by atoms with Gasteiger partial charge in [-0.05, 0) is 29.9 Å². The Kier molecular flexibility index (Phi) is 8.08. The van der Waals surface area contributed by atoms with Gasteiger partial charge in [-0.3, -0.25) is 4.79 Å². The Hall–Kier alpha value is -3.80. The molecule has 0 bridgehead atoms. The van der Waals surface area contributed by atoms with Gasteiger partial charge in [-0.2, -0.15) is 0 Å². The number of carbonyl (C=O) groups excluding carboxylic acids is 1. The molecule has 0 aliphatic heterocycles. The maximum atomic E-state index is 14.5. The summed E-state index contributed by atoms with van der Waals surface area (Å²) >= 11 is 4.87. The van der Waals surface area contributed by atoms with Crippen LogP contribution in [0.15, 0.2) is 42.6 Å². The molecule has 33 heavy (non-hydrogen) atoms. The first kappa shape index (κ1) is 23.9. The Balaban J connectivity index is 1.52. The highest BCUT2D eigenvalue weighted by Crippen LogP contribution is 2.22. The molecule has 0 saturated carbocycles. The summed E-state index contributed by atoms with van der Waals surface area (Å²) in [6, 6.07) is 8.52. The molecule has 0 radical (unpaired) electrons. The normalized spacial score (nSPS) is 10.5. The molecule has 2 aromatic carbocycles. The van der Waals surface area contributed by atoms with Crippen molar-refractivity contribution in [1.82, 2.24) is 25.6 Å². The van der Waals surface area contributed by atoms with Gasteiger partial charge in [-0.1, -0.05) is 17.3 Å². The molecule has 0 saturated heterocycles. The number of methoxy groups -OCH3 is 1. The van der Waals surface area contributed by atoms with Crippen molar-refractivity contribution in [2.45, 2.75) is 13.0 Å². The Bertz CT molecular complexity index is 1100. The fourth-order valence-electron chi connectivity index (χ4n) is 2.85. The van der Waals surface area contributed by atoms with Gasteiger partial charge < -0.3 is 25.8 Å². The van der Waals surface area contributed by atoms with Crippen molar-refractivity contribution in [1.29, 1.82) is 0 Å². The van der Waals surface area contributed by atoms with Crippen LogP contribution < -0.4 is 16.0 Å². The third-order valence-corrected chi connectivity index (χ3v) is 4.79. The lowest BCUT2D eigenvalue weighted by Gasteiger charge is -2.11. The molecule has 0 atom stereocenters. The van der Waals surface area contributed by atoms with Crippen molar-refractivity contribution in [2.75, 3.05) is 25.5 Å². The van der Waals surface area contributed by atoms with Gasteiger partial charge in [0.25, 0.3) is 5.17 Å². The van der Waals surface area contributed by atoms with E-state index in [0.717, 1.165) is 17.7 Å². The number of halogens is 2. The number of amides is 1. The highest BCUT2D eigenvalue weighted by molar-refractivity contribution is 7.80. The predicted octanol–water partition coefficient (Wildman–Crippen LogP) is 2.04. The third-order valence-electron chi connectivity index (χ3n) is 4.48. The first-order valence-corrected chi connectivity index (χ1v) is 10.3. The summed E-state index contributed by atoms with van der Waals surface area (Å²) in [6.07, 6.45) is 1.64. The number of thiocarbonyl (C=S) groups is 1. The minimum Gasteiger partial charge on any atom is -0.508 e. The standard InChI is InChI=1S/C21H22F2N6O3S/c1-32-21(33)26-11-14-12-29(28-27-14)15-9-17(22)20(18(23)10-15)25-7-6-24-19(31)8-13-2-4-16(30)5-3-13/h2-5,9-10,12,25,30H,6-8,11H2,1H3,(H,24,31)(H,26,33). The van der Waals surface area contributed by atoms with E-state index in [2.05, 4.69) is 26.3 Å². The summed E-state index contributed by atoms with van der Waals surface area (Å²) in [5.74, 6) is -1.75. The van der Waals surface area contributed by atoms with Gasteiger partial charge in [0, 0.05) is 25.2 Å². The number of hydrogen-bond acceptors (Lipinski definition) is 7. The van der Waals surface area contributed by atoms with Crippen LogP contribution in [-0.4, -0.2) is 51.4 Å². The lowest BCUT2D eigenvalue weighted by molar-refractivity contribution is -0.120. The number of rotatable bonds is 9. The van der Waals surface area contributed by atoms with Gasteiger partial charge in [0.2, 0.25) is 5.91 Å². The Labute approximate surface area is 193 Å². The van der Waals surface area contributed by atoms with Crippen molar-refractivity contribution < 1.29 is 23.4 Å². The lowest BCUT2D eigenvalue weighted by atomic mass is 10.1. The fourth-order valence-corrected chi connectivity index (χ4v) is 2.92. The topological polar surface area (TPSA) is 113 Å². The Morgan fingerprint density at radius 2 is 1.85 bits per heavy atom. The van der Waals surface area contributed by atoms with Crippen molar-refractivity contribution in [3.05, 3.63) is 65.5 Å². The zero-order valence-corrected chi connectivity index (χ0v) is 18.5. The average Bonchev–Trinajstić information content (AvgIpc) is 3.27. The van der Waals surface area contributed by atoms with Crippen molar-refractivity contribution >= 4 is 29.0 Å². The van der Waals surface area contributed by atoms with Gasteiger partial charge in [0.1, 0.15) is 17.1 Å². The van der Waals surface area contributed by atoms with E-state index in [1.807, 2.05) is 0 Å². The molecule has 4 N–H and O–H groups in total. The molecule has 3 aromatic rings. The van der Waals surface area contributed by atoms with Crippen LogP contribution in [0.4, 0.5) is 14.5 Å². The van der Waals surface area contributed by atoms with Crippen LogP contribution in [0.5, 0.6) is 5.75 Å². The highest BCUT2D eigenvalue weighted by Gasteiger charge is 2.13. The van der Waals surface area contributed by atoms with Crippen LogP contribution in [-0.2, 0) is 22.5 Å². The van der Waals surface area contributed by atoms with Gasteiger partial charge in [0.05, 0.1) is 32.0 Å². The monoisotopic (exact) mass is 476 g/mol. The first-order valence-electron chi connectivity index (χ1n) is 9.86. The van der Waals surface area contributed by atoms with Crippen LogP contribution >= 0.6 is 12.2 Å². The summed E-state index contributed by atoms with van der Waals surface area (Å²) < 4.78 is 35.0. The number of phenolic OH excluding ortho intramolecular Hbond substituents is 1. The smallest absolute Gasteiger partial charge is 0.256 e. The second kappa shape index (κ2) is 11.2. The summed E-state index contributed by atoms with van der Waals surface area (Å²) in [5.41, 5.74) is 1.09. The van der Waals surface area contributed by atoms with Gasteiger partial charge >= 0.3 is 0 Å². The molecule has 0 spiro atoms. The third kappa shape index (κ3) is 6.84. The molecule has 0 unspecified atom stereocenters. The number of anilines is 1. The number of phenols is 1. The fraction of sp³-hybridized carbons (Fsp3) is 0.238. The maximum Gasteiger partial charge on any atom is 0.256 e. The number of nitrogens with one attached hydrogen (secondary N) is 3. The Morgan fingerprint density at radius 1 is 1.15 bits per heavy atom. The van der Waals surface area contributed by atoms with Crippen LogP contribution in [0, 0.1) is 11.6 Å². The number of carbonyl (C=O) groups is 1. The van der Waals surface area contributed by atoms with E-state index in [9.17, 15) is 18.7 Å². The SMILES string of the molecule is COC(=S)NCc1cn(-c2cc(F)c(NCCNC(=O)Cc3ccc(O)cc3)c(F)c2)nn1. The van der Waals surface area contributed by atoms with E-state index in [1.54, 1.807) is 12.1 Å². The number of aromatic nitrogens is 3. The van der Waals surface area contributed by atoms with Crippen molar-refractivity contribution in [3.8, 4) is 11.4 Å². The minimum atomic E-state index is -0.809. The first-order chi connectivity index (χ1) is 15.9. The number of ether oxygens (including phenoxy) is 1. The number of benzene rings is 2. The number of nitrogens with zero attached hydrogens (tertiary/aromatic N) is 3. The van der Waals surface area contributed by atoms with Gasteiger partial charge in [-0.15, -0.1) is 5.10 Å². The second-order valence-electron chi connectivity index (χ2n) is 6.90. The summed E-state index contributed by atoms with van der Waals surface area (Å²) in [4.78, 5) is 12.0. The zero-order chi connectivity index (χ0) is 23.8. The molecule has 0 aliphatic carbocycles. The molecule has 1 amide bonds. The Morgan fingerprint density at radius 3 is 2.52 bits per heavy atom. The van der Waals surface area contributed by atoms with E-state index in [4.69, 9.17) is 17.0 Å². The van der Waals surface area contributed by atoms with Crippen molar-refractivity contribution in [2.24, 2.45) is 0 Å². The molecule has 174 valence electrons.